The van der Waals surface area contributed by atoms with Crippen LogP contribution in [0.3, 0.4) is 0 Å². The molecule has 4 aromatic carbocycles. The third kappa shape index (κ3) is 5.88. The number of benzene rings is 4. The number of nitrogens with zero attached hydrogens (tertiary/aromatic N) is 1. The lowest BCUT2D eigenvalue weighted by molar-refractivity contribution is -0.118. The van der Waals surface area contributed by atoms with Crippen molar-refractivity contribution in [1.29, 1.82) is 0 Å². The highest BCUT2D eigenvalue weighted by Gasteiger charge is 2.21. The van der Waals surface area contributed by atoms with Crippen molar-refractivity contribution < 1.29 is 17.9 Å². The van der Waals surface area contributed by atoms with E-state index in [1.165, 1.54) is 29.0 Å². The molecular weight excluding hydrogens is 460 g/mol. The lowest BCUT2D eigenvalue weighted by Gasteiger charge is -2.20. The molecule has 178 valence electrons. The molecule has 0 radical (unpaired) electrons. The summed E-state index contributed by atoms with van der Waals surface area (Å²) in [4.78, 5) is 12.5. The van der Waals surface area contributed by atoms with Crippen molar-refractivity contribution in [2.24, 2.45) is 0 Å². The molecule has 0 aromatic heterocycles. The molecule has 4 rings (SSSR count). The van der Waals surface area contributed by atoms with Gasteiger partial charge in [0.1, 0.15) is 5.75 Å². The second-order valence-corrected chi connectivity index (χ2v) is 10.0. The minimum Gasteiger partial charge on any atom is -0.484 e. The normalized spacial score (nSPS) is 11.0. The topological polar surface area (TPSA) is 75.7 Å². The highest BCUT2D eigenvalue weighted by atomic mass is 32.2. The van der Waals surface area contributed by atoms with E-state index in [1.54, 1.807) is 36.4 Å². The Hall–Kier alpha value is -4.10. The predicted octanol–water partition coefficient (Wildman–Crippen LogP) is 5.50. The Labute approximate surface area is 205 Å². The number of para-hydroxylation sites is 1. The van der Waals surface area contributed by atoms with Crippen molar-refractivity contribution in [1.82, 2.24) is 0 Å². The molecule has 0 spiro atoms. The van der Waals surface area contributed by atoms with Crippen LogP contribution in [-0.2, 0) is 14.8 Å². The Kier molecular flexibility index (Phi) is 7.17. The monoisotopic (exact) mass is 486 g/mol. The lowest BCUT2D eigenvalue weighted by atomic mass is 10.0. The zero-order valence-corrected chi connectivity index (χ0v) is 20.3. The van der Waals surface area contributed by atoms with Crippen molar-refractivity contribution in [3.8, 4) is 16.9 Å². The summed E-state index contributed by atoms with van der Waals surface area (Å²) in [7, 11) is -2.29. The van der Waals surface area contributed by atoms with Crippen LogP contribution < -0.4 is 14.4 Å². The molecule has 4 aromatic rings. The van der Waals surface area contributed by atoms with Gasteiger partial charge in [-0.2, -0.15) is 0 Å². The Balaban J connectivity index is 1.37. The Morgan fingerprint density at radius 3 is 2.11 bits per heavy atom. The zero-order chi connectivity index (χ0) is 24.8. The van der Waals surface area contributed by atoms with E-state index in [4.69, 9.17) is 4.74 Å². The molecular formula is C28H26N2O4S. The van der Waals surface area contributed by atoms with Gasteiger partial charge >= 0.3 is 0 Å². The van der Waals surface area contributed by atoms with Gasteiger partial charge in [-0.05, 0) is 60.5 Å². The van der Waals surface area contributed by atoms with Gasteiger partial charge in [0.05, 0.1) is 10.6 Å². The van der Waals surface area contributed by atoms with Crippen LogP contribution in [0.15, 0.2) is 108 Å². The molecule has 1 N–H and O–H groups in total. The third-order valence-corrected chi connectivity index (χ3v) is 7.29. The van der Waals surface area contributed by atoms with E-state index in [1.807, 2.05) is 37.3 Å². The third-order valence-electron chi connectivity index (χ3n) is 5.51. The highest BCUT2D eigenvalue weighted by molar-refractivity contribution is 7.92. The van der Waals surface area contributed by atoms with E-state index in [2.05, 4.69) is 29.6 Å². The summed E-state index contributed by atoms with van der Waals surface area (Å²) in [5, 5.41) is 2.70. The highest BCUT2D eigenvalue weighted by Crippen LogP contribution is 2.25. The SMILES string of the molecule is Cc1ccc(-c2ccc(OCC(=O)Nc3cccc(S(=O)(=O)N(C)c4ccccc4)c3)cc2)cc1. The van der Waals surface area contributed by atoms with Crippen molar-refractivity contribution >= 4 is 27.3 Å². The Morgan fingerprint density at radius 1 is 0.829 bits per heavy atom. The summed E-state index contributed by atoms with van der Waals surface area (Å²) < 4.78 is 32.8. The maximum absolute atomic E-state index is 13.0. The molecule has 0 bridgehead atoms. The molecule has 7 heteroatoms. The fourth-order valence-corrected chi connectivity index (χ4v) is 4.75. The molecule has 0 atom stereocenters. The van der Waals surface area contributed by atoms with E-state index in [0.29, 0.717) is 17.1 Å². The van der Waals surface area contributed by atoms with Gasteiger partial charge in [-0.1, -0.05) is 66.2 Å². The van der Waals surface area contributed by atoms with Gasteiger partial charge in [0.25, 0.3) is 15.9 Å². The van der Waals surface area contributed by atoms with Crippen molar-refractivity contribution in [3.63, 3.8) is 0 Å². The fraction of sp³-hybridized carbons (Fsp3) is 0.107. The van der Waals surface area contributed by atoms with Gasteiger partial charge in [-0.25, -0.2) is 8.42 Å². The molecule has 0 aliphatic heterocycles. The minimum absolute atomic E-state index is 0.0780. The molecule has 0 saturated heterocycles. The summed E-state index contributed by atoms with van der Waals surface area (Å²) in [5.74, 6) is 0.176. The maximum atomic E-state index is 13.0. The van der Waals surface area contributed by atoms with Crippen molar-refractivity contribution in [2.75, 3.05) is 23.3 Å². The minimum atomic E-state index is -3.78. The standard InChI is InChI=1S/C28H26N2O4S/c1-21-11-13-22(14-12-21)23-15-17-26(18-16-23)34-20-28(31)29-24-7-6-10-27(19-24)35(32,33)30(2)25-8-4-3-5-9-25/h3-19H,20H2,1-2H3,(H,29,31). The van der Waals surface area contributed by atoms with E-state index in [9.17, 15) is 13.2 Å². The number of anilines is 2. The summed E-state index contributed by atoms with van der Waals surface area (Å²) in [6, 6.07) is 30.7. The van der Waals surface area contributed by atoms with E-state index < -0.39 is 15.9 Å². The molecule has 1 amide bonds. The molecule has 35 heavy (non-hydrogen) atoms. The number of hydrogen-bond donors (Lipinski definition) is 1. The molecule has 0 saturated carbocycles. The van der Waals surface area contributed by atoms with Crippen molar-refractivity contribution in [2.45, 2.75) is 11.8 Å². The number of hydrogen-bond acceptors (Lipinski definition) is 4. The molecule has 0 heterocycles. The number of carbonyl (C=O) groups is 1. The number of nitrogens with one attached hydrogen (secondary N) is 1. The summed E-state index contributed by atoms with van der Waals surface area (Å²) >= 11 is 0. The van der Waals surface area contributed by atoms with Gasteiger partial charge in [0, 0.05) is 12.7 Å². The predicted molar refractivity (Wildman–Crippen MR) is 139 cm³/mol. The summed E-state index contributed by atoms with van der Waals surface area (Å²) in [6.07, 6.45) is 0. The van der Waals surface area contributed by atoms with Gasteiger partial charge < -0.3 is 10.1 Å². The average Bonchev–Trinajstić information content (AvgIpc) is 2.88. The smallest absolute Gasteiger partial charge is 0.264 e. The first-order chi connectivity index (χ1) is 16.8. The fourth-order valence-electron chi connectivity index (χ4n) is 3.50. The number of sulfonamides is 1. The van der Waals surface area contributed by atoms with Gasteiger partial charge in [0.15, 0.2) is 6.61 Å². The van der Waals surface area contributed by atoms with E-state index in [0.717, 1.165) is 11.1 Å². The number of carbonyl (C=O) groups excluding carboxylic acids is 1. The lowest BCUT2D eigenvalue weighted by Crippen LogP contribution is -2.26. The Bertz CT molecular complexity index is 1400. The van der Waals surface area contributed by atoms with E-state index >= 15 is 0 Å². The van der Waals surface area contributed by atoms with Crippen LogP contribution in [0.25, 0.3) is 11.1 Å². The van der Waals surface area contributed by atoms with Crippen LogP contribution in [0.4, 0.5) is 11.4 Å². The second-order valence-electron chi connectivity index (χ2n) is 8.06. The largest absolute Gasteiger partial charge is 0.484 e. The first-order valence-electron chi connectivity index (χ1n) is 11.1. The number of amides is 1. The van der Waals surface area contributed by atoms with Crippen LogP contribution in [0.2, 0.25) is 0 Å². The molecule has 6 nitrogen and oxygen atoms in total. The number of ether oxygens (including phenoxy) is 1. The zero-order valence-electron chi connectivity index (χ0n) is 19.5. The van der Waals surface area contributed by atoms with Crippen molar-refractivity contribution in [3.05, 3.63) is 109 Å². The van der Waals surface area contributed by atoms with Crippen LogP contribution in [0.1, 0.15) is 5.56 Å². The Morgan fingerprint density at radius 2 is 1.46 bits per heavy atom. The second kappa shape index (κ2) is 10.4. The van der Waals surface area contributed by atoms with Crippen LogP contribution in [-0.4, -0.2) is 28.0 Å². The number of aryl methyl sites for hydroxylation is 1. The number of rotatable bonds is 8. The van der Waals surface area contributed by atoms with Gasteiger partial charge in [0.2, 0.25) is 0 Å². The molecule has 0 aliphatic rings. The first kappa shape index (κ1) is 24.0. The van der Waals surface area contributed by atoms with Crippen LogP contribution in [0.5, 0.6) is 5.75 Å². The molecule has 0 unspecified atom stereocenters. The molecule has 0 aliphatic carbocycles. The average molecular weight is 487 g/mol. The summed E-state index contributed by atoms with van der Waals surface area (Å²) in [5.41, 5.74) is 4.28. The maximum Gasteiger partial charge on any atom is 0.264 e. The quantitative estimate of drug-likeness (QED) is 0.357. The summed E-state index contributed by atoms with van der Waals surface area (Å²) in [6.45, 7) is 1.84. The van der Waals surface area contributed by atoms with Crippen LogP contribution in [0, 0.1) is 6.92 Å². The molecule has 0 fully saturated rings. The van der Waals surface area contributed by atoms with Gasteiger partial charge in [-0.3, -0.25) is 9.10 Å². The van der Waals surface area contributed by atoms with Gasteiger partial charge in [-0.15, -0.1) is 0 Å². The van der Waals surface area contributed by atoms with Crippen LogP contribution >= 0.6 is 0 Å². The first-order valence-corrected chi connectivity index (χ1v) is 12.5. The van der Waals surface area contributed by atoms with E-state index in [-0.39, 0.29) is 11.5 Å².